The van der Waals surface area contributed by atoms with Crippen molar-refractivity contribution in [1.29, 1.82) is 0 Å². The first kappa shape index (κ1) is 14.4. The van der Waals surface area contributed by atoms with Crippen LogP contribution in [0.2, 0.25) is 0 Å². The highest BCUT2D eigenvalue weighted by Crippen LogP contribution is 2.09. The lowest BCUT2D eigenvalue weighted by Gasteiger charge is -2.21. The van der Waals surface area contributed by atoms with Crippen LogP contribution in [0.25, 0.3) is 0 Å². The van der Waals surface area contributed by atoms with Crippen molar-refractivity contribution < 1.29 is 9.53 Å². The van der Waals surface area contributed by atoms with Crippen LogP contribution in [0.5, 0.6) is 0 Å². The van der Waals surface area contributed by atoms with Gasteiger partial charge in [-0.15, -0.1) is 0 Å². The molecule has 0 aromatic carbocycles. The van der Waals surface area contributed by atoms with Crippen molar-refractivity contribution in [3.05, 3.63) is 0 Å². The van der Waals surface area contributed by atoms with Gasteiger partial charge in [0.05, 0.1) is 7.11 Å². The average Bonchev–Trinajstić information content (AvgIpc) is 2.27. The van der Waals surface area contributed by atoms with Crippen molar-refractivity contribution in [2.75, 3.05) is 13.7 Å². The molecule has 0 saturated heterocycles. The molecule has 15 heavy (non-hydrogen) atoms. The van der Waals surface area contributed by atoms with Gasteiger partial charge in [0.1, 0.15) is 6.04 Å². The Morgan fingerprint density at radius 3 is 2.47 bits per heavy atom. The number of esters is 1. The summed E-state index contributed by atoms with van der Waals surface area (Å²) in [6, 6.07) is -0.142. The Morgan fingerprint density at radius 1 is 1.33 bits per heavy atom. The number of carbonyl (C=O) groups is 1. The normalized spacial score (nSPS) is 14.7. The van der Waals surface area contributed by atoms with E-state index in [0.29, 0.717) is 5.92 Å². The zero-order chi connectivity index (χ0) is 11.7. The second-order valence-corrected chi connectivity index (χ2v) is 4.05. The van der Waals surface area contributed by atoms with E-state index in [0.717, 1.165) is 19.4 Å². The van der Waals surface area contributed by atoms with E-state index in [2.05, 4.69) is 26.1 Å². The number of unbranched alkanes of at least 4 members (excludes halogenated alkanes) is 2. The molecule has 0 saturated carbocycles. The molecule has 2 unspecified atom stereocenters. The molecule has 0 spiro atoms. The number of ether oxygens (including phenoxy) is 1. The predicted molar refractivity (Wildman–Crippen MR) is 62.8 cm³/mol. The van der Waals surface area contributed by atoms with Gasteiger partial charge in [0.2, 0.25) is 0 Å². The molecule has 0 fully saturated rings. The summed E-state index contributed by atoms with van der Waals surface area (Å²) >= 11 is 0. The summed E-state index contributed by atoms with van der Waals surface area (Å²) in [4.78, 5) is 11.5. The second kappa shape index (κ2) is 8.72. The number of hydrogen-bond donors (Lipinski definition) is 1. The molecule has 0 aliphatic heterocycles. The van der Waals surface area contributed by atoms with Crippen molar-refractivity contribution in [2.24, 2.45) is 5.92 Å². The Morgan fingerprint density at radius 2 is 2.00 bits per heavy atom. The highest BCUT2D eigenvalue weighted by atomic mass is 16.5. The van der Waals surface area contributed by atoms with Crippen molar-refractivity contribution in [3.63, 3.8) is 0 Å². The van der Waals surface area contributed by atoms with Crippen molar-refractivity contribution in [2.45, 2.75) is 52.5 Å². The lowest BCUT2D eigenvalue weighted by Crippen LogP contribution is -2.42. The summed E-state index contributed by atoms with van der Waals surface area (Å²) in [6.07, 6.45) is 4.52. The molecule has 0 aromatic rings. The molecular weight excluding hydrogens is 190 g/mol. The fraction of sp³-hybridized carbons (Fsp3) is 0.917. The van der Waals surface area contributed by atoms with Crippen LogP contribution in [0.3, 0.4) is 0 Å². The molecule has 3 heteroatoms. The van der Waals surface area contributed by atoms with Crippen LogP contribution in [0, 0.1) is 5.92 Å². The van der Waals surface area contributed by atoms with E-state index in [1.165, 1.54) is 20.0 Å². The fourth-order valence-corrected chi connectivity index (χ4v) is 1.51. The zero-order valence-corrected chi connectivity index (χ0v) is 10.5. The van der Waals surface area contributed by atoms with E-state index in [1.54, 1.807) is 0 Å². The molecule has 0 heterocycles. The first-order valence-corrected chi connectivity index (χ1v) is 5.98. The molecule has 0 amide bonds. The minimum absolute atomic E-state index is 0.138. The van der Waals surface area contributed by atoms with Crippen LogP contribution in [-0.2, 0) is 9.53 Å². The number of hydrogen-bond acceptors (Lipinski definition) is 3. The SMILES string of the molecule is CCCCCNC(C(=O)OC)C(C)CC. The molecular formula is C12H25NO2. The van der Waals surface area contributed by atoms with E-state index in [9.17, 15) is 4.79 Å². The van der Waals surface area contributed by atoms with Gasteiger partial charge in [-0.05, 0) is 18.9 Å². The van der Waals surface area contributed by atoms with E-state index >= 15 is 0 Å². The topological polar surface area (TPSA) is 38.3 Å². The highest BCUT2D eigenvalue weighted by Gasteiger charge is 2.23. The van der Waals surface area contributed by atoms with Crippen LogP contribution in [-0.4, -0.2) is 25.7 Å². The number of rotatable bonds is 8. The first-order chi connectivity index (χ1) is 7.17. The third kappa shape index (κ3) is 5.78. The Balaban J connectivity index is 3.96. The Kier molecular flexibility index (Phi) is 8.38. The standard InChI is InChI=1S/C12H25NO2/c1-5-7-8-9-13-11(10(3)6-2)12(14)15-4/h10-11,13H,5-9H2,1-4H3. The Hall–Kier alpha value is -0.570. The van der Waals surface area contributed by atoms with Crippen molar-refractivity contribution >= 4 is 5.97 Å². The fourth-order valence-electron chi connectivity index (χ4n) is 1.51. The van der Waals surface area contributed by atoms with Crippen LogP contribution < -0.4 is 5.32 Å². The van der Waals surface area contributed by atoms with Gasteiger partial charge in [-0.1, -0.05) is 40.0 Å². The van der Waals surface area contributed by atoms with Gasteiger partial charge in [-0.25, -0.2) is 0 Å². The monoisotopic (exact) mass is 215 g/mol. The molecule has 0 aliphatic rings. The maximum atomic E-state index is 11.5. The summed E-state index contributed by atoms with van der Waals surface area (Å²) in [5.41, 5.74) is 0. The summed E-state index contributed by atoms with van der Waals surface area (Å²) in [6.45, 7) is 7.24. The summed E-state index contributed by atoms with van der Waals surface area (Å²) < 4.78 is 4.79. The van der Waals surface area contributed by atoms with Crippen LogP contribution >= 0.6 is 0 Å². The van der Waals surface area contributed by atoms with Gasteiger partial charge < -0.3 is 10.1 Å². The first-order valence-electron chi connectivity index (χ1n) is 5.98. The molecule has 0 rings (SSSR count). The van der Waals surface area contributed by atoms with Crippen LogP contribution in [0.4, 0.5) is 0 Å². The number of nitrogens with one attached hydrogen (secondary N) is 1. The number of carbonyl (C=O) groups excluding carboxylic acids is 1. The molecule has 0 aliphatic carbocycles. The van der Waals surface area contributed by atoms with Crippen LogP contribution in [0.15, 0.2) is 0 Å². The lowest BCUT2D eigenvalue weighted by atomic mass is 9.99. The molecule has 0 aromatic heterocycles. The third-order valence-corrected chi connectivity index (χ3v) is 2.81. The molecule has 3 nitrogen and oxygen atoms in total. The van der Waals surface area contributed by atoms with Gasteiger partial charge in [0.25, 0.3) is 0 Å². The minimum atomic E-state index is -0.142. The maximum absolute atomic E-state index is 11.5. The highest BCUT2D eigenvalue weighted by molar-refractivity contribution is 5.75. The van der Waals surface area contributed by atoms with E-state index in [-0.39, 0.29) is 12.0 Å². The van der Waals surface area contributed by atoms with E-state index < -0.39 is 0 Å². The molecule has 0 radical (unpaired) electrons. The summed E-state index contributed by atoms with van der Waals surface area (Å²) in [5.74, 6) is 0.194. The van der Waals surface area contributed by atoms with Gasteiger partial charge in [-0.2, -0.15) is 0 Å². The van der Waals surface area contributed by atoms with E-state index in [4.69, 9.17) is 4.74 Å². The largest absolute Gasteiger partial charge is 0.468 e. The van der Waals surface area contributed by atoms with Crippen molar-refractivity contribution in [1.82, 2.24) is 5.32 Å². The second-order valence-electron chi connectivity index (χ2n) is 4.05. The quantitative estimate of drug-likeness (QED) is 0.499. The lowest BCUT2D eigenvalue weighted by molar-refractivity contribution is -0.144. The zero-order valence-electron chi connectivity index (χ0n) is 10.5. The van der Waals surface area contributed by atoms with Gasteiger partial charge in [-0.3, -0.25) is 4.79 Å². The van der Waals surface area contributed by atoms with E-state index in [1.807, 2.05) is 0 Å². The summed E-state index contributed by atoms with van der Waals surface area (Å²) in [5, 5.41) is 3.28. The molecule has 1 N–H and O–H groups in total. The Bertz CT molecular complexity index is 171. The minimum Gasteiger partial charge on any atom is -0.468 e. The molecule has 0 bridgehead atoms. The predicted octanol–water partition coefficient (Wildman–Crippen LogP) is 2.35. The van der Waals surface area contributed by atoms with Gasteiger partial charge >= 0.3 is 5.97 Å². The summed E-state index contributed by atoms with van der Waals surface area (Å²) in [7, 11) is 1.45. The number of methoxy groups -OCH3 is 1. The molecule has 90 valence electrons. The van der Waals surface area contributed by atoms with Gasteiger partial charge in [0, 0.05) is 0 Å². The maximum Gasteiger partial charge on any atom is 0.323 e. The smallest absolute Gasteiger partial charge is 0.323 e. The molecule has 2 atom stereocenters. The van der Waals surface area contributed by atoms with Gasteiger partial charge in [0.15, 0.2) is 0 Å². The van der Waals surface area contributed by atoms with Crippen molar-refractivity contribution in [3.8, 4) is 0 Å². The average molecular weight is 215 g/mol. The third-order valence-electron chi connectivity index (χ3n) is 2.81. The van der Waals surface area contributed by atoms with Crippen LogP contribution in [0.1, 0.15) is 46.5 Å². The Labute approximate surface area is 93.6 Å².